The summed E-state index contributed by atoms with van der Waals surface area (Å²) in [5, 5.41) is 0. The Morgan fingerprint density at radius 3 is 2.91 bits per heavy atom. The summed E-state index contributed by atoms with van der Waals surface area (Å²) >= 11 is 6.59. The molecule has 0 aromatic heterocycles. The number of amides is 1. The molecule has 1 amide bonds. The number of nitrogens with zero attached hydrogens (tertiary/aromatic N) is 1. The largest absolute Gasteiger partial charge is 0.493 e. The quantitative estimate of drug-likeness (QED) is 0.617. The molecule has 4 nitrogen and oxygen atoms in total. The molecule has 2 aliphatic heterocycles. The maximum absolute atomic E-state index is 12.3. The molecule has 0 bridgehead atoms. The molecule has 1 atom stereocenters. The summed E-state index contributed by atoms with van der Waals surface area (Å²) in [6.07, 6.45) is 3.75. The molecule has 1 fully saturated rings. The van der Waals surface area contributed by atoms with E-state index in [-0.39, 0.29) is 12.0 Å². The van der Waals surface area contributed by atoms with Crippen molar-refractivity contribution in [2.75, 3.05) is 13.7 Å². The molecule has 1 aromatic rings. The molecule has 0 N–H and O–H groups in total. The van der Waals surface area contributed by atoms with Crippen LogP contribution in [0.2, 0.25) is 0 Å². The normalized spacial score (nSPS) is 22.0. The van der Waals surface area contributed by atoms with Gasteiger partial charge >= 0.3 is 0 Å². The van der Waals surface area contributed by atoms with Crippen LogP contribution in [0, 0.1) is 0 Å². The van der Waals surface area contributed by atoms with E-state index in [9.17, 15) is 4.79 Å². The van der Waals surface area contributed by atoms with Crippen LogP contribution in [0.15, 0.2) is 34.8 Å². The number of ether oxygens (including phenoxy) is 2. The number of fused-ring (bicyclic) bond motifs is 1. The summed E-state index contributed by atoms with van der Waals surface area (Å²) in [5.74, 6) is 1.41. The number of hydrogen-bond acceptors (Lipinski definition) is 5. The second-order valence-corrected chi connectivity index (χ2v) is 6.88. The van der Waals surface area contributed by atoms with Gasteiger partial charge < -0.3 is 9.47 Å². The Morgan fingerprint density at radius 2 is 2.26 bits per heavy atom. The van der Waals surface area contributed by atoms with Crippen LogP contribution in [0.1, 0.15) is 19.4 Å². The highest BCUT2D eigenvalue weighted by molar-refractivity contribution is 8.26. The van der Waals surface area contributed by atoms with Crippen LogP contribution in [0.3, 0.4) is 0 Å². The van der Waals surface area contributed by atoms with Gasteiger partial charge in [0.05, 0.1) is 12.0 Å². The SMILES string of the molecule is CCN1C(=O)/C(=C/C2=Cc3cccc(OC)c3OC2C)SC1=S. The van der Waals surface area contributed by atoms with Crippen molar-refractivity contribution in [1.82, 2.24) is 4.90 Å². The number of carbonyl (C=O) groups excluding carboxylic acids is 1. The van der Waals surface area contributed by atoms with Crippen molar-refractivity contribution in [2.24, 2.45) is 0 Å². The van der Waals surface area contributed by atoms with Crippen LogP contribution in [0.25, 0.3) is 6.08 Å². The summed E-state index contributed by atoms with van der Waals surface area (Å²) in [6, 6.07) is 5.76. The molecule has 1 unspecified atom stereocenters. The Morgan fingerprint density at radius 1 is 1.48 bits per heavy atom. The zero-order valence-electron chi connectivity index (χ0n) is 13.2. The molecule has 1 aromatic carbocycles. The van der Waals surface area contributed by atoms with Crippen LogP contribution < -0.4 is 9.47 Å². The van der Waals surface area contributed by atoms with Crippen molar-refractivity contribution >= 4 is 40.3 Å². The number of methoxy groups -OCH3 is 1. The zero-order valence-corrected chi connectivity index (χ0v) is 14.8. The van der Waals surface area contributed by atoms with Crippen molar-refractivity contribution in [1.29, 1.82) is 0 Å². The highest BCUT2D eigenvalue weighted by atomic mass is 32.2. The summed E-state index contributed by atoms with van der Waals surface area (Å²) < 4.78 is 11.9. The Labute approximate surface area is 145 Å². The lowest BCUT2D eigenvalue weighted by atomic mass is 10.0. The highest BCUT2D eigenvalue weighted by Gasteiger charge is 2.32. The first-order valence-electron chi connectivity index (χ1n) is 7.35. The van der Waals surface area contributed by atoms with E-state index in [0.717, 1.165) is 16.9 Å². The molecule has 23 heavy (non-hydrogen) atoms. The second kappa shape index (κ2) is 6.37. The predicted octanol–water partition coefficient (Wildman–Crippen LogP) is 3.62. The number of carbonyl (C=O) groups is 1. The van der Waals surface area contributed by atoms with Crippen LogP contribution in [-0.2, 0) is 4.79 Å². The molecule has 2 heterocycles. The van der Waals surface area contributed by atoms with Crippen molar-refractivity contribution in [3.05, 3.63) is 40.3 Å². The van der Waals surface area contributed by atoms with Gasteiger partial charge in [-0.25, -0.2) is 0 Å². The Kier molecular flexibility index (Phi) is 4.46. The fourth-order valence-corrected chi connectivity index (χ4v) is 3.94. The lowest BCUT2D eigenvalue weighted by Gasteiger charge is -2.24. The molecule has 3 rings (SSSR count). The number of hydrogen-bond donors (Lipinski definition) is 0. The Balaban J connectivity index is 1.97. The number of benzene rings is 1. The number of likely N-dealkylation sites (N-methyl/N-ethyl adjacent to an activating group) is 1. The summed E-state index contributed by atoms with van der Waals surface area (Å²) in [7, 11) is 1.62. The minimum absolute atomic E-state index is 0.0351. The third-order valence-corrected chi connectivity index (χ3v) is 5.18. The number of para-hydroxylation sites is 1. The van der Waals surface area contributed by atoms with Crippen molar-refractivity contribution in [3.63, 3.8) is 0 Å². The Bertz CT molecular complexity index is 739. The first-order valence-corrected chi connectivity index (χ1v) is 8.58. The van der Waals surface area contributed by atoms with Crippen LogP contribution in [0.5, 0.6) is 11.5 Å². The molecule has 0 saturated carbocycles. The molecule has 2 aliphatic rings. The summed E-state index contributed by atoms with van der Waals surface area (Å²) in [4.78, 5) is 14.6. The van der Waals surface area contributed by atoms with Crippen molar-refractivity contribution in [3.8, 4) is 11.5 Å². The highest BCUT2D eigenvalue weighted by Crippen LogP contribution is 2.39. The van der Waals surface area contributed by atoms with Gasteiger partial charge in [-0.05, 0) is 37.6 Å². The molecule has 120 valence electrons. The Hall–Kier alpha value is -1.79. The molecule has 1 saturated heterocycles. The average molecular weight is 347 g/mol. The van der Waals surface area contributed by atoms with Crippen LogP contribution in [0.4, 0.5) is 0 Å². The minimum Gasteiger partial charge on any atom is -0.493 e. The third kappa shape index (κ3) is 2.88. The number of rotatable bonds is 3. The van der Waals surface area contributed by atoms with E-state index in [1.54, 1.807) is 12.0 Å². The smallest absolute Gasteiger partial charge is 0.266 e. The minimum atomic E-state index is -0.163. The lowest BCUT2D eigenvalue weighted by molar-refractivity contribution is -0.122. The van der Waals surface area contributed by atoms with Gasteiger partial charge in [0.15, 0.2) is 11.5 Å². The monoisotopic (exact) mass is 347 g/mol. The van der Waals surface area contributed by atoms with Gasteiger partial charge in [-0.1, -0.05) is 36.1 Å². The fourth-order valence-electron chi connectivity index (χ4n) is 2.56. The molecular weight excluding hydrogens is 330 g/mol. The topological polar surface area (TPSA) is 38.8 Å². The van der Waals surface area contributed by atoms with E-state index in [0.29, 0.717) is 21.5 Å². The van der Waals surface area contributed by atoms with Gasteiger partial charge in [-0.15, -0.1) is 0 Å². The van der Waals surface area contributed by atoms with Gasteiger partial charge in [0.1, 0.15) is 10.4 Å². The third-order valence-electron chi connectivity index (χ3n) is 3.80. The van der Waals surface area contributed by atoms with Crippen molar-refractivity contribution < 1.29 is 14.3 Å². The average Bonchev–Trinajstić information content (AvgIpc) is 2.81. The van der Waals surface area contributed by atoms with E-state index >= 15 is 0 Å². The zero-order chi connectivity index (χ0) is 16.6. The van der Waals surface area contributed by atoms with Gasteiger partial charge in [-0.2, -0.15) is 0 Å². The van der Waals surface area contributed by atoms with Gasteiger partial charge in [0.25, 0.3) is 5.91 Å². The maximum Gasteiger partial charge on any atom is 0.266 e. The molecule has 6 heteroatoms. The number of thioether (sulfide) groups is 1. The van der Waals surface area contributed by atoms with Crippen LogP contribution in [-0.4, -0.2) is 34.9 Å². The molecule has 0 radical (unpaired) electrons. The first kappa shape index (κ1) is 16.1. The fraction of sp³-hybridized carbons (Fsp3) is 0.294. The first-order chi connectivity index (χ1) is 11.0. The van der Waals surface area contributed by atoms with Crippen molar-refractivity contribution in [2.45, 2.75) is 20.0 Å². The summed E-state index contributed by atoms with van der Waals surface area (Å²) in [5.41, 5.74) is 1.89. The molecule has 0 aliphatic carbocycles. The van der Waals surface area contributed by atoms with E-state index in [4.69, 9.17) is 21.7 Å². The second-order valence-electron chi connectivity index (χ2n) is 5.21. The van der Waals surface area contributed by atoms with Gasteiger partial charge in [0, 0.05) is 12.1 Å². The predicted molar refractivity (Wildman–Crippen MR) is 96.7 cm³/mol. The standard InChI is InChI=1S/C17H17NO3S2/c1-4-18-16(19)14(23-17(18)22)9-12-8-11-6-5-7-13(20-3)15(11)21-10(12)2/h5-10H,4H2,1-3H3/b14-9-. The van der Waals surface area contributed by atoms with Gasteiger partial charge in [-0.3, -0.25) is 9.69 Å². The lowest BCUT2D eigenvalue weighted by Crippen LogP contribution is -2.27. The molecule has 0 spiro atoms. The van der Waals surface area contributed by atoms with Crippen LogP contribution >= 0.6 is 24.0 Å². The van der Waals surface area contributed by atoms with Gasteiger partial charge in [0.2, 0.25) is 0 Å². The van der Waals surface area contributed by atoms with E-state index in [1.165, 1.54) is 11.8 Å². The van der Waals surface area contributed by atoms with E-state index in [1.807, 2.05) is 44.2 Å². The van der Waals surface area contributed by atoms with E-state index < -0.39 is 0 Å². The maximum atomic E-state index is 12.3. The summed E-state index contributed by atoms with van der Waals surface area (Å²) in [6.45, 7) is 4.47. The van der Waals surface area contributed by atoms with E-state index in [2.05, 4.69) is 0 Å². The number of thiocarbonyl (C=S) groups is 1. The molecular formula is C17H17NO3S2.